The SMILES string of the molecule is CC1(C)CCCC1NS(=O)(=O)c1cccc(F)c1C(N)=S. The Bertz CT molecular complexity index is 672. The summed E-state index contributed by atoms with van der Waals surface area (Å²) in [5.74, 6) is -0.726. The van der Waals surface area contributed by atoms with Crippen molar-refractivity contribution in [1.82, 2.24) is 4.72 Å². The van der Waals surface area contributed by atoms with Crippen molar-refractivity contribution in [3.05, 3.63) is 29.6 Å². The van der Waals surface area contributed by atoms with Gasteiger partial charge in [0.05, 0.1) is 10.5 Å². The first-order chi connectivity index (χ1) is 9.65. The fraction of sp³-hybridized carbons (Fsp3) is 0.500. The fourth-order valence-corrected chi connectivity index (χ4v) is 4.71. The average Bonchev–Trinajstić information content (AvgIpc) is 2.67. The lowest BCUT2D eigenvalue weighted by Gasteiger charge is -2.27. The van der Waals surface area contributed by atoms with Gasteiger partial charge < -0.3 is 5.73 Å². The third kappa shape index (κ3) is 3.25. The van der Waals surface area contributed by atoms with Crippen molar-refractivity contribution in [2.24, 2.45) is 11.1 Å². The van der Waals surface area contributed by atoms with Gasteiger partial charge >= 0.3 is 0 Å². The monoisotopic (exact) mass is 330 g/mol. The number of rotatable bonds is 4. The van der Waals surface area contributed by atoms with Crippen molar-refractivity contribution in [1.29, 1.82) is 0 Å². The topological polar surface area (TPSA) is 72.2 Å². The van der Waals surface area contributed by atoms with E-state index in [0.29, 0.717) is 0 Å². The zero-order valence-corrected chi connectivity index (χ0v) is 13.7. The van der Waals surface area contributed by atoms with Crippen molar-refractivity contribution in [2.75, 3.05) is 0 Å². The van der Waals surface area contributed by atoms with Crippen molar-refractivity contribution in [3.63, 3.8) is 0 Å². The Hall–Kier alpha value is -1.05. The first-order valence-electron chi connectivity index (χ1n) is 6.76. The first kappa shape index (κ1) is 16.3. The van der Waals surface area contributed by atoms with Crippen LogP contribution in [0.5, 0.6) is 0 Å². The molecule has 116 valence electrons. The predicted molar refractivity (Wildman–Crippen MR) is 84.0 cm³/mol. The number of benzene rings is 1. The highest BCUT2D eigenvalue weighted by atomic mass is 32.2. The summed E-state index contributed by atoms with van der Waals surface area (Å²) >= 11 is 4.78. The normalized spacial score (nSPS) is 21.4. The van der Waals surface area contributed by atoms with Crippen molar-refractivity contribution in [3.8, 4) is 0 Å². The van der Waals surface area contributed by atoms with Crippen LogP contribution in [0.3, 0.4) is 0 Å². The van der Waals surface area contributed by atoms with Gasteiger partial charge in [-0.15, -0.1) is 0 Å². The van der Waals surface area contributed by atoms with Gasteiger partial charge in [0.1, 0.15) is 10.8 Å². The second kappa shape index (κ2) is 5.62. The quantitative estimate of drug-likeness (QED) is 0.831. The summed E-state index contributed by atoms with van der Waals surface area (Å²) in [6, 6.07) is 3.63. The van der Waals surface area contributed by atoms with Crippen LogP contribution in [-0.2, 0) is 10.0 Å². The summed E-state index contributed by atoms with van der Waals surface area (Å²) in [5.41, 5.74) is 5.13. The molecule has 0 aromatic heterocycles. The molecule has 4 nitrogen and oxygen atoms in total. The molecule has 0 heterocycles. The number of hydrogen-bond donors (Lipinski definition) is 2. The van der Waals surface area contributed by atoms with E-state index in [9.17, 15) is 12.8 Å². The van der Waals surface area contributed by atoms with Gasteiger partial charge in [0.25, 0.3) is 0 Å². The van der Waals surface area contributed by atoms with E-state index < -0.39 is 15.8 Å². The summed E-state index contributed by atoms with van der Waals surface area (Å²) < 4.78 is 41.6. The summed E-state index contributed by atoms with van der Waals surface area (Å²) in [6.45, 7) is 4.04. The Balaban J connectivity index is 2.41. The highest BCUT2D eigenvalue weighted by molar-refractivity contribution is 7.89. The maximum Gasteiger partial charge on any atom is 0.241 e. The average molecular weight is 330 g/mol. The van der Waals surface area contributed by atoms with E-state index in [1.165, 1.54) is 12.1 Å². The molecule has 1 fully saturated rings. The Morgan fingerprint density at radius 3 is 2.67 bits per heavy atom. The number of nitrogens with one attached hydrogen (secondary N) is 1. The molecular weight excluding hydrogens is 311 g/mol. The van der Waals surface area contributed by atoms with E-state index in [-0.39, 0.29) is 26.9 Å². The van der Waals surface area contributed by atoms with Crippen LogP contribution in [0, 0.1) is 11.2 Å². The summed E-state index contributed by atoms with van der Waals surface area (Å²) in [4.78, 5) is -0.461. The molecule has 0 saturated heterocycles. The van der Waals surface area contributed by atoms with Crippen molar-refractivity contribution < 1.29 is 12.8 Å². The van der Waals surface area contributed by atoms with Gasteiger partial charge in [0.2, 0.25) is 10.0 Å². The molecule has 1 unspecified atom stereocenters. The standard InChI is InChI=1S/C14H19FN2O2S2/c1-14(2)8-4-7-11(14)17-21(18,19)10-6-3-5-9(15)12(10)13(16)20/h3,5-6,11,17H,4,7-8H2,1-2H3,(H2,16,20). The van der Waals surface area contributed by atoms with E-state index in [2.05, 4.69) is 4.72 Å². The van der Waals surface area contributed by atoms with Crippen LogP contribution < -0.4 is 10.5 Å². The molecule has 1 aromatic carbocycles. The van der Waals surface area contributed by atoms with Crippen LogP contribution in [0.2, 0.25) is 0 Å². The second-order valence-corrected chi connectivity index (χ2v) is 8.15. The predicted octanol–water partition coefficient (Wildman–Crippen LogP) is 2.32. The Morgan fingerprint density at radius 1 is 1.48 bits per heavy atom. The van der Waals surface area contributed by atoms with Gasteiger partial charge in [-0.05, 0) is 30.4 Å². The van der Waals surface area contributed by atoms with Gasteiger partial charge in [0, 0.05) is 6.04 Å². The van der Waals surface area contributed by atoms with Gasteiger partial charge in [-0.2, -0.15) is 0 Å². The molecule has 7 heteroatoms. The highest BCUT2D eigenvalue weighted by Gasteiger charge is 2.38. The number of thiocarbonyl (C=S) groups is 1. The molecule has 3 N–H and O–H groups in total. The molecule has 1 atom stereocenters. The molecule has 1 saturated carbocycles. The lowest BCUT2D eigenvalue weighted by atomic mass is 9.88. The van der Waals surface area contributed by atoms with Crippen molar-refractivity contribution in [2.45, 2.75) is 44.0 Å². The van der Waals surface area contributed by atoms with Crippen LogP contribution >= 0.6 is 12.2 Å². The molecule has 21 heavy (non-hydrogen) atoms. The molecule has 0 amide bonds. The first-order valence-corrected chi connectivity index (χ1v) is 8.65. The van der Waals surface area contributed by atoms with Crippen LogP contribution in [0.15, 0.2) is 23.1 Å². The van der Waals surface area contributed by atoms with Crippen LogP contribution in [0.25, 0.3) is 0 Å². The minimum atomic E-state index is -3.87. The smallest absolute Gasteiger partial charge is 0.241 e. The largest absolute Gasteiger partial charge is 0.389 e. The number of nitrogens with two attached hydrogens (primary N) is 1. The molecule has 0 bridgehead atoms. The van der Waals surface area contributed by atoms with Crippen LogP contribution in [-0.4, -0.2) is 19.4 Å². The van der Waals surface area contributed by atoms with Gasteiger partial charge in [0.15, 0.2) is 0 Å². The molecule has 0 radical (unpaired) electrons. The molecule has 1 aliphatic carbocycles. The third-order valence-electron chi connectivity index (χ3n) is 4.07. The third-order valence-corrected chi connectivity index (χ3v) is 5.78. The Kier molecular flexibility index (Phi) is 4.37. The zero-order valence-electron chi connectivity index (χ0n) is 12.0. The van der Waals surface area contributed by atoms with Crippen LogP contribution in [0.4, 0.5) is 4.39 Å². The summed E-state index contributed by atoms with van der Waals surface area (Å²) in [7, 11) is -3.87. The number of sulfonamides is 1. The lowest BCUT2D eigenvalue weighted by molar-refractivity contribution is 0.313. The van der Waals surface area contributed by atoms with E-state index in [1.807, 2.05) is 13.8 Å². The van der Waals surface area contributed by atoms with E-state index in [4.69, 9.17) is 18.0 Å². The molecule has 0 aliphatic heterocycles. The van der Waals surface area contributed by atoms with Crippen molar-refractivity contribution >= 4 is 27.2 Å². The lowest BCUT2D eigenvalue weighted by Crippen LogP contribution is -2.42. The molecule has 1 aromatic rings. The van der Waals surface area contributed by atoms with E-state index in [1.54, 1.807) is 0 Å². The van der Waals surface area contributed by atoms with Gasteiger partial charge in [-0.1, -0.05) is 38.6 Å². The molecular formula is C14H19FN2O2S2. The zero-order chi connectivity index (χ0) is 15.8. The van der Waals surface area contributed by atoms with Gasteiger partial charge in [-0.3, -0.25) is 0 Å². The summed E-state index contributed by atoms with van der Waals surface area (Å²) in [5, 5.41) is 0. The van der Waals surface area contributed by atoms with E-state index in [0.717, 1.165) is 25.3 Å². The summed E-state index contributed by atoms with van der Waals surface area (Å²) in [6.07, 6.45) is 2.68. The number of hydrogen-bond acceptors (Lipinski definition) is 3. The Morgan fingerprint density at radius 2 is 2.14 bits per heavy atom. The number of halogens is 1. The molecule has 0 spiro atoms. The van der Waals surface area contributed by atoms with Gasteiger partial charge in [-0.25, -0.2) is 17.5 Å². The maximum atomic E-state index is 13.8. The highest BCUT2D eigenvalue weighted by Crippen LogP contribution is 2.38. The van der Waals surface area contributed by atoms with E-state index >= 15 is 0 Å². The maximum absolute atomic E-state index is 13.8. The molecule has 1 aliphatic rings. The minimum Gasteiger partial charge on any atom is -0.389 e. The second-order valence-electron chi connectivity index (χ2n) is 6.03. The van der Waals surface area contributed by atoms with Crippen LogP contribution in [0.1, 0.15) is 38.7 Å². The fourth-order valence-electron chi connectivity index (χ4n) is 2.76. The Labute approximate surface area is 130 Å². The molecule has 2 rings (SSSR count). The minimum absolute atomic E-state index is 0.121.